The first-order chi connectivity index (χ1) is 10.1. The van der Waals surface area contributed by atoms with E-state index in [4.69, 9.17) is 13.9 Å². The van der Waals surface area contributed by atoms with Gasteiger partial charge in [-0.2, -0.15) is 0 Å². The summed E-state index contributed by atoms with van der Waals surface area (Å²) in [6.07, 6.45) is 1.04. The number of aliphatic hydroxyl groups excluding tert-OH is 1. The molecule has 2 heterocycles. The maximum absolute atomic E-state index is 10.2. The highest BCUT2D eigenvalue weighted by molar-refractivity contribution is 5.45. The average Bonchev–Trinajstić information content (AvgIpc) is 3.12. The van der Waals surface area contributed by atoms with Crippen molar-refractivity contribution in [3.63, 3.8) is 0 Å². The molecule has 0 bridgehead atoms. The van der Waals surface area contributed by atoms with Gasteiger partial charge in [-0.25, -0.2) is 4.98 Å². The molecule has 6 nitrogen and oxygen atoms in total. The predicted octanol–water partition coefficient (Wildman–Crippen LogP) is 2.10. The number of rotatable bonds is 5. The van der Waals surface area contributed by atoms with Crippen molar-refractivity contribution in [2.75, 3.05) is 13.3 Å². The topological polar surface area (TPSA) is 76.8 Å². The number of fused-ring (bicyclic) bond motifs is 1. The summed E-state index contributed by atoms with van der Waals surface area (Å²) >= 11 is 0. The number of hydrogen-bond donors (Lipinski definition) is 2. The van der Waals surface area contributed by atoms with Gasteiger partial charge in [-0.1, -0.05) is 6.07 Å². The molecule has 112 valence electrons. The van der Waals surface area contributed by atoms with Crippen molar-refractivity contribution in [1.29, 1.82) is 0 Å². The van der Waals surface area contributed by atoms with Gasteiger partial charge < -0.3 is 24.3 Å². The monoisotopic (exact) mass is 290 g/mol. The summed E-state index contributed by atoms with van der Waals surface area (Å²) in [6, 6.07) is 5.37. The van der Waals surface area contributed by atoms with Crippen LogP contribution in [-0.2, 0) is 0 Å². The number of benzene rings is 1. The van der Waals surface area contributed by atoms with Crippen molar-refractivity contribution >= 4 is 0 Å². The number of ether oxygens (including phenoxy) is 2. The van der Waals surface area contributed by atoms with E-state index in [1.54, 1.807) is 12.3 Å². The van der Waals surface area contributed by atoms with Gasteiger partial charge in [-0.05, 0) is 31.5 Å². The molecule has 2 N–H and O–H groups in total. The third-order valence-corrected chi connectivity index (χ3v) is 3.41. The second kappa shape index (κ2) is 5.75. The molecular weight excluding hydrogens is 272 g/mol. The Hall–Kier alpha value is -2.05. The van der Waals surface area contributed by atoms with Crippen LogP contribution in [0.2, 0.25) is 0 Å². The predicted molar refractivity (Wildman–Crippen MR) is 75.2 cm³/mol. The van der Waals surface area contributed by atoms with Crippen LogP contribution in [0.15, 0.2) is 28.8 Å². The minimum Gasteiger partial charge on any atom is -0.454 e. The normalized spacial score (nSPS) is 16.0. The maximum atomic E-state index is 10.2. The van der Waals surface area contributed by atoms with Gasteiger partial charge in [0.15, 0.2) is 11.5 Å². The summed E-state index contributed by atoms with van der Waals surface area (Å²) in [5, 5.41) is 13.4. The zero-order valence-corrected chi connectivity index (χ0v) is 12.0. The van der Waals surface area contributed by atoms with Crippen molar-refractivity contribution < 1.29 is 19.0 Å². The molecule has 2 atom stereocenters. The van der Waals surface area contributed by atoms with E-state index in [2.05, 4.69) is 10.3 Å². The zero-order chi connectivity index (χ0) is 14.8. The zero-order valence-electron chi connectivity index (χ0n) is 12.0. The van der Waals surface area contributed by atoms with Crippen LogP contribution in [0, 0.1) is 6.92 Å². The van der Waals surface area contributed by atoms with Crippen LogP contribution in [0.25, 0.3) is 0 Å². The lowest BCUT2D eigenvalue weighted by atomic mass is 10.1. The minimum atomic E-state index is -0.641. The molecule has 0 radical (unpaired) electrons. The molecule has 0 amide bonds. The molecule has 2 aromatic rings. The number of nitrogens with one attached hydrogen (secondary N) is 1. The van der Waals surface area contributed by atoms with Crippen LogP contribution in [0.5, 0.6) is 11.5 Å². The maximum Gasteiger partial charge on any atom is 0.231 e. The van der Waals surface area contributed by atoms with Gasteiger partial charge in [-0.3, -0.25) is 0 Å². The fraction of sp³-hybridized carbons (Fsp3) is 0.400. The van der Waals surface area contributed by atoms with Crippen molar-refractivity contribution in [1.82, 2.24) is 10.3 Å². The molecule has 3 rings (SSSR count). The Bertz CT molecular complexity index is 626. The Kier molecular flexibility index (Phi) is 3.81. The third kappa shape index (κ3) is 3.01. The van der Waals surface area contributed by atoms with E-state index < -0.39 is 6.10 Å². The highest BCUT2D eigenvalue weighted by atomic mass is 16.7. The summed E-state index contributed by atoms with van der Waals surface area (Å²) in [7, 11) is 0. The summed E-state index contributed by atoms with van der Waals surface area (Å²) < 4.78 is 16.0. The summed E-state index contributed by atoms with van der Waals surface area (Å²) in [5.74, 6) is 2.77. The van der Waals surface area contributed by atoms with Crippen LogP contribution in [0.1, 0.15) is 36.3 Å². The van der Waals surface area contributed by atoms with E-state index in [1.165, 1.54) is 0 Å². The SMILES string of the molecule is Cc1cnc(C(C)NCC(O)c2ccc3c(c2)OCO3)o1. The Balaban J connectivity index is 1.60. The van der Waals surface area contributed by atoms with Crippen LogP contribution < -0.4 is 14.8 Å². The molecule has 0 fully saturated rings. The van der Waals surface area contributed by atoms with Crippen LogP contribution in [0.4, 0.5) is 0 Å². The molecule has 1 aromatic carbocycles. The fourth-order valence-corrected chi connectivity index (χ4v) is 2.19. The van der Waals surface area contributed by atoms with Crippen molar-refractivity contribution in [2.45, 2.75) is 26.0 Å². The van der Waals surface area contributed by atoms with Gasteiger partial charge in [0.2, 0.25) is 12.7 Å². The average molecular weight is 290 g/mol. The van der Waals surface area contributed by atoms with Crippen molar-refractivity contribution in [3.05, 3.63) is 41.6 Å². The number of aliphatic hydroxyl groups is 1. The lowest BCUT2D eigenvalue weighted by Crippen LogP contribution is -2.24. The molecule has 2 unspecified atom stereocenters. The fourth-order valence-electron chi connectivity index (χ4n) is 2.19. The molecule has 1 aromatic heterocycles. The number of nitrogens with zero attached hydrogens (tertiary/aromatic N) is 1. The highest BCUT2D eigenvalue weighted by Crippen LogP contribution is 2.34. The largest absolute Gasteiger partial charge is 0.454 e. The number of aryl methyl sites for hydroxylation is 1. The quantitative estimate of drug-likeness (QED) is 0.878. The first-order valence-corrected chi connectivity index (χ1v) is 6.87. The molecule has 6 heteroatoms. The second-order valence-corrected chi connectivity index (χ2v) is 5.07. The lowest BCUT2D eigenvalue weighted by Gasteiger charge is -2.15. The molecule has 0 aliphatic carbocycles. The van der Waals surface area contributed by atoms with Crippen molar-refractivity contribution in [2.24, 2.45) is 0 Å². The smallest absolute Gasteiger partial charge is 0.231 e. The Labute approximate surface area is 122 Å². The summed E-state index contributed by atoms with van der Waals surface area (Å²) in [6.45, 7) is 4.41. The molecule has 0 saturated carbocycles. The Morgan fingerprint density at radius 1 is 1.33 bits per heavy atom. The second-order valence-electron chi connectivity index (χ2n) is 5.07. The Morgan fingerprint density at radius 3 is 2.90 bits per heavy atom. The van der Waals surface area contributed by atoms with Crippen LogP contribution >= 0.6 is 0 Å². The molecule has 0 saturated heterocycles. The summed E-state index contributed by atoms with van der Waals surface area (Å²) in [4.78, 5) is 4.17. The number of hydrogen-bond acceptors (Lipinski definition) is 6. The first kappa shape index (κ1) is 13.9. The minimum absolute atomic E-state index is 0.0673. The lowest BCUT2D eigenvalue weighted by molar-refractivity contribution is 0.166. The van der Waals surface area contributed by atoms with E-state index in [1.807, 2.05) is 26.0 Å². The number of oxazole rings is 1. The number of aromatic nitrogens is 1. The van der Waals surface area contributed by atoms with E-state index in [0.29, 0.717) is 23.9 Å². The van der Waals surface area contributed by atoms with Crippen molar-refractivity contribution in [3.8, 4) is 11.5 Å². The summed E-state index contributed by atoms with van der Waals surface area (Å²) in [5.41, 5.74) is 0.780. The van der Waals surface area contributed by atoms with Gasteiger partial charge in [0, 0.05) is 6.54 Å². The third-order valence-electron chi connectivity index (χ3n) is 3.41. The van der Waals surface area contributed by atoms with Crippen LogP contribution in [-0.4, -0.2) is 23.4 Å². The molecule has 1 aliphatic heterocycles. The van der Waals surface area contributed by atoms with Gasteiger partial charge in [-0.15, -0.1) is 0 Å². The van der Waals surface area contributed by atoms with Gasteiger partial charge in [0.25, 0.3) is 0 Å². The van der Waals surface area contributed by atoms with E-state index in [9.17, 15) is 5.11 Å². The molecule has 1 aliphatic rings. The van der Waals surface area contributed by atoms with Gasteiger partial charge in [0.1, 0.15) is 5.76 Å². The van der Waals surface area contributed by atoms with Gasteiger partial charge in [0.05, 0.1) is 18.3 Å². The van der Waals surface area contributed by atoms with E-state index in [0.717, 1.165) is 11.3 Å². The molecular formula is C15H18N2O4. The van der Waals surface area contributed by atoms with E-state index in [-0.39, 0.29) is 12.8 Å². The standard InChI is InChI=1S/C15H18N2O4/c1-9-6-17-15(21-9)10(2)16-7-12(18)11-3-4-13-14(5-11)20-8-19-13/h3-6,10,12,16,18H,7-8H2,1-2H3. The van der Waals surface area contributed by atoms with Crippen LogP contribution in [0.3, 0.4) is 0 Å². The molecule has 0 spiro atoms. The van der Waals surface area contributed by atoms with E-state index >= 15 is 0 Å². The molecule has 21 heavy (non-hydrogen) atoms. The first-order valence-electron chi connectivity index (χ1n) is 6.87. The van der Waals surface area contributed by atoms with Gasteiger partial charge >= 0.3 is 0 Å². The Morgan fingerprint density at radius 2 is 2.14 bits per heavy atom. The highest BCUT2D eigenvalue weighted by Gasteiger charge is 2.18.